The Labute approximate surface area is 103 Å². The first-order valence-corrected chi connectivity index (χ1v) is 5.70. The van der Waals surface area contributed by atoms with Crippen LogP contribution in [0.4, 0.5) is 5.82 Å². The van der Waals surface area contributed by atoms with Crippen molar-refractivity contribution < 1.29 is 9.52 Å². The van der Waals surface area contributed by atoms with Gasteiger partial charge in [0.2, 0.25) is 0 Å². The predicted octanol–water partition coefficient (Wildman–Crippen LogP) is 1.87. The van der Waals surface area contributed by atoms with Gasteiger partial charge in [-0.2, -0.15) is 5.10 Å². The summed E-state index contributed by atoms with van der Waals surface area (Å²) >= 11 is 0. The summed E-state index contributed by atoms with van der Waals surface area (Å²) in [5.41, 5.74) is 8.32. The van der Waals surface area contributed by atoms with E-state index in [2.05, 4.69) is 5.10 Å². The van der Waals surface area contributed by atoms with Crippen molar-refractivity contribution in [1.29, 1.82) is 0 Å². The maximum absolute atomic E-state index is 8.92. The monoisotopic (exact) mass is 243 g/mol. The van der Waals surface area contributed by atoms with Gasteiger partial charge in [0.1, 0.15) is 17.7 Å². The molecular formula is C13H13N3O2. The van der Waals surface area contributed by atoms with Crippen molar-refractivity contribution in [2.45, 2.75) is 6.54 Å². The summed E-state index contributed by atoms with van der Waals surface area (Å²) in [5.74, 6) is 0.532. The van der Waals surface area contributed by atoms with Crippen LogP contribution in [0, 0.1) is 0 Å². The number of aliphatic hydroxyl groups is 1. The molecule has 5 nitrogen and oxygen atoms in total. The number of benzene rings is 1. The van der Waals surface area contributed by atoms with Gasteiger partial charge in [0, 0.05) is 17.0 Å². The van der Waals surface area contributed by atoms with E-state index in [4.69, 9.17) is 15.3 Å². The number of hydrogen-bond donors (Lipinski definition) is 2. The van der Waals surface area contributed by atoms with Crippen molar-refractivity contribution >= 4 is 16.8 Å². The number of anilines is 1. The second kappa shape index (κ2) is 4.19. The van der Waals surface area contributed by atoms with Crippen LogP contribution < -0.4 is 5.73 Å². The molecule has 1 aromatic carbocycles. The topological polar surface area (TPSA) is 77.2 Å². The first-order chi connectivity index (χ1) is 8.79. The van der Waals surface area contributed by atoms with Gasteiger partial charge in [-0.3, -0.25) is 0 Å². The maximum atomic E-state index is 8.92. The van der Waals surface area contributed by atoms with Gasteiger partial charge >= 0.3 is 0 Å². The molecule has 3 N–H and O–H groups in total. The van der Waals surface area contributed by atoms with E-state index in [-0.39, 0.29) is 6.61 Å². The van der Waals surface area contributed by atoms with Crippen LogP contribution >= 0.6 is 0 Å². The molecule has 0 aliphatic rings. The first-order valence-electron chi connectivity index (χ1n) is 5.70. The van der Waals surface area contributed by atoms with E-state index < -0.39 is 0 Å². The highest BCUT2D eigenvalue weighted by atomic mass is 16.3. The van der Waals surface area contributed by atoms with Crippen LogP contribution in [-0.2, 0) is 6.54 Å². The highest BCUT2D eigenvalue weighted by Crippen LogP contribution is 2.30. The standard InChI is InChI=1S/C13H13N3O2/c14-13-7-11(15-16(13)5-6-17)10-8-18-12-4-2-1-3-9(10)12/h1-4,7-8,17H,5-6,14H2. The van der Waals surface area contributed by atoms with Crippen LogP contribution in [0.2, 0.25) is 0 Å². The maximum Gasteiger partial charge on any atom is 0.134 e. The largest absolute Gasteiger partial charge is 0.464 e. The highest BCUT2D eigenvalue weighted by Gasteiger charge is 2.12. The Morgan fingerprint density at radius 2 is 2.17 bits per heavy atom. The molecule has 92 valence electrons. The number of aliphatic hydroxyl groups excluding tert-OH is 1. The molecule has 0 spiro atoms. The molecule has 3 rings (SSSR count). The molecule has 0 fully saturated rings. The average molecular weight is 243 g/mol. The van der Waals surface area contributed by atoms with Crippen molar-refractivity contribution in [1.82, 2.24) is 9.78 Å². The van der Waals surface area contributed by atoms with Gasteiger partial charge in [0.25, 0.3) is 0 Å². The molecule has 0 saturated carbocycles. The summed E-state index contributed by atoms with van der Waals surface area (Å²) in [7, 11) is 0. The molecule has 5 heteroatoms. The van der Waals surface area contributed by atoms with Crippen molar-refractivity contribution in [3.05, 3.63) is 36.6 Å². The number of para-hydroxylation sites is 1. The number of nitrogens with two attached hydrogens (primary N) is 1. The van der Waals surface area contributed by atoms with Crippen molar-refractivity contribution in [2.24, 2.45) is 0 Å². The molecule has 3 aromatic rings. The second-order valence-corrected chi connectivity index (χ2v) is 4.05. The van der Waals surface area contributed by atoms with Gasteiger partial charge in [-0.15, -0.1) is 0 Å². The number of rotatable bonds is 3. The molecule has 18 heavy (non-hydrogen) atoms. The quantitative estimate of drug-likeness (QED) is 0.736. The summed E-state index contributed by atoms with van der Waals surface area (Å²) in [6.45, 7) is 0.402. The van der Waals surface area contributed by atoms with E-state index in [9.17, 15) is 0 Å². The number of aromatic nitrogens is 2. The van der Waals surface area contributed by atoms with Gasteiger partial charge in [-0.1, -0.05) is 18.2 Å². The second-order valence-electron chi connectivity index (χ2n) is 4.05. The van der Waals surface area contributed by atoms with Gasteiger partial charge in [-0.25, -0.2) is 4.68 Å². The zero-order valence-electron chi connectivity index (χ0n) is 9.71. The first kappa shape index (κ1) is 10.9. The van der Waals surface area contributed by atoms with Gasteiger partial charge in [0.05, 0.1) is 18.8 Å². The summed E-state index contributed by atoms with van der Waals surface area (Å²) in [5, 5.41) is 14.3. The lowest BCUT2D eigenvalue weighted by Crippen LogP contribution is -2.07. The van der Waals surface area contributed by atoms with E-state index in [1.165, 1.54) is 0 Å². The van der Waals surface area contributed by atoms with E-state index in [0.29, 0.717) is 12.4 Å². The molecule has 0 amide bonds. The van der Waals surface area contributed by atoms with Crippen LogP contribution in [-0.4, -0.2) is 21.5 Å². The number of nitrogens with zero attached hydrogens (tertiary/aromatic N) is 2. The minimum absolute atomic E-state index is 0.0114. The average Bonchev–Trinajstić information content (AvgIpc) is 2.94. The lowest BCUT2D eigenvalue weighted by Gasteiger charge is -1.98. The number of hydrogen-bond acceptors (Lipinski definition) is 4. The molecule has 0 saturated heterocycles. The third-order valence-corrected chi connectivity index (χ3v) is 2.88. The minimum Gasteiger partial charge on any atom is -0.464 e. The van der Waals surface area contributed by atoms with E-state index in [1.807, 2.05) is 24.3 Å². The van der Waals surface area contributed by atoms with Gasteiger partial charge in [-0.05, 0) is 6.07 Å². The Morgan fingerprint density at radius 1 is 1.33 bits per heavy atom. The molecule has 2 heterocycles. The lowest BCUT2D eigenvalue weighted by molar-refractivity contribution is 0.270. The van der Waals surface area contributed by atoms with E-state index in [0.717, 1.165) is 22.2 Å². The number of furan rings is 1. The molecule has 0 atom stereocenters. The number of nitrogen functional groups attached to an aromatic ring is 1. The molecule has 0 unspecified atom stereocenters. The summed E-state index contributed by atoms with van der Waals surface area (Å²) in [4.78, 5) is 0. The van der Waals surface area contributed by atoms with Gasteiger partial charge < -0.3 is 15.3 Å². The van der Waals surface area contributed by atoms with Crippen LogP contribution in [0.1, 0.15) is 0 Å². The smallest absolute Gasteiger partial charge is 0.134 e. The minimum atomic E-state index is 0.0114. The number of fused-ring (bicyclic) bond motifs is 1. The van der Waals surface area contributed by atoms with E-state index in [1.54, 1.807) is 17.0 Å². The molecule has 0 bridgehead atoms. The predicted molar refractivity (Wildman–Crippen MR) is 68.9 cm³/mol. The van der Waals surface area contributed by atoms with E-state index >= 15 is 0 Å². The SMILES string of the molecule is Nc1cc(-c2coc3ccccc23)nn1CCO. The molecule has 2 aromatic heterocycles. The fourth-order valence-corrected chi connectivity index (χ4v) is 2.01. The third-order valence-electron chi connectivity index (χ3n) is 2.88. The Kier molecular flexibility index (Phi) is 2.53. The third kappa shape index (κ3) is 1.65. The zero-order valence-corrected chi connectivity index (χ0v) is 9.71. The molecule has 0 aliphatic heterocycles. The van der Waals surface area contributed by atoms with Crippen LogP contribution in [0.15, 0.2) is 41.0 Å². The Bertz CT molecular complexity index is 684. The normalized spacial score (nSPS) is 11.2. The van der Waals surface area contributed by atoms with Crippen molar-refractivity contribution in [2.75, 3.05) is 12.3 Å². The Morgan fingerprint density at radius 3 is 3.00 bits per heavy atom. The summed E-state index contributed by atoms with van der Waals surface area (Å²) in [6, 6.07) is 9.55. The summed E-state index contributed by atoms with van der Waals surface area (Å²) in [6.07, 6.45) is 1.68. The zero-order chi connectivity index (χ0) is 12.5. The molecule has 0 aliphatic carbocycles. The molecule has 0 radical (unpaired) electrons. The Hall–Kier alpha value is -2.27. The van der Waals surface area contributed by atoms with Crippen molar-refractivity contribution in [3.63, 3.8) is 0 Å². The fraction of sp³-hybridized carbons (Fsp3) is 0.154. The fourth-order valence-electron chi connectivity index (χ4n) is 2.01. The Balaban J connectivity index is 2.11. The van der Waals surface area contributed by atoms with Crippen LogP contribution in [0.5, 0.6) is 0 Å². The lowest BCUT2D eigenvalue weighted by atomic mass is 10.1. The van der Waals surface area contributed by atoms with Crippen LogP contribution in [0.25, 0.3) is 22.2 Å². The summed E-state index contributed by atoms with van der Waals surface area (Å²) < 4.78 is 7.05. The van der Waals surface area contributed by atoms with Gasteiger partial charge in [0.15, 0.2) is 0 Å². The highest BCUT2D eigenvalue weighted by molar-refractivity contribution is 5.93. The van der Waals surface area contributed by atoms with Crippen molar-refractivity contribution in [3.8, 4) is 11.3 Å². The van der Waals surface area contributed by atoms with Crippen LogP contribution in [0.3, 0.4) is 0 Å². The molecular weight excluding hydrogens is 230 g/mol.